The number of aryl methyl sites for hydroxylation is 1. The summed E-state index contributed by atoms with van der Waals surface area (Å²) >= 11 is 5.69. The van der Waals surface area contributed by atoms with Crippen LogP contribution in [0.1, 0.15) is 16.3 Å². The maximum atomic E-state index is 11.5. The molecule has 84 valence electrons. The Hall–Kier alpha value is -1.55. The van der Waals surface area contributed by atoms with Gasteiger partial charge < -0.3 is 9.14 Å². The molecule has 0 atom stereocenters. The molecule has 0 amide bonds. The SMILES string of the molecule is COC(=O)c1nc(CCCl)n2ccccc12. The minimum absolute atomic E-state index is 0.336. The zero-order valence-electron chi connectivity index (χ0n) is 8.81. The van der Waals surface area contributed by atoms with Crippen molar-refractivity contribution in [2.75, 3.05) is 13.0 Å². The summed E-state index contributed by atoms with van der Waals surface area (Å²) in [6, 6.07) is 5.57. The van der Waals surface area contributed by atoms with Crippen molar-refractivity contribution in [2.45, 2.75) is 6.42 Å². The second-order valence-electron chi connectivity index (χ2n) is 3.26. The first-order valence-corrected chi connectivity index (χ1v) is 5.41. The Bertz CT molecular complexity index is 522. The van der Waals surface area contributed by atoms with Gasteiger partial charge in [0, 0.05) is 18.5 Å². The van der Waals surface area contributed by atoms with E-state index in [1.165, 1.54) is 7.11 Å². The molecule has 0 radical (unpaired) electrons. The van der Waals surface area contributed by atoms with Crippen LogP contribution in [0.15, 0.2) is 24.4 Å². The van der Waals surface area contributed by atoms with E-state index in [1.54, 1.807) is 0 Å². The van der Waals surface area contributed by atoms with Crippen molar-refractivity contribution in [1.82, 2.24) is 9.38 Å². The van der Waals surface area contributed by atoms with Gasteiger partial charge in [0.25, 0.3) is 0 Å². The van der Waals surface area contributed by atoms with Crippen molar-refractivity contribution >= 4 is 23.1 Å². The molecule has 0 N–H and O–H groups in total. The lowest BCUT2D eigenvalue weighted by molar-refractivity contribution is 0.0597. The summed E-state index contributed by atoms with van der Waals surface area (Å²) in [4.78, 5) is 15.8. The van der Waals surface area contributed by atoms with Gasteiger partial charge in [0.05, 0.1) is 12.6 Å². The molecule has 2 heterocycles. The molecule has 2 aromatic rings. The number of alkyl halides is 1. The van der Waals surface area contributed by atoms with Crippen LogP contribution < -0.4 is 0 Å². The first-order valence-electron chi connectivity index (χ1n) is 4.88. The zero-order chi connectivity index (χ0) is 11.5. The smallest absolute Gasteiger partial charge is 0.358 e. The molecule has 0 aliphatic carbocycles. The maximum absolute atomic E-state index is 11.5. The third-order valence-corrected chi connectivity index (χ3v) is 2.51. The Morgan fingerprint density at radius 1 is 1.56 bits per heavy atom. The fourth-order valence-corrected chi connectivity index (χ4v) is 1.78. The molecular formula is C11H11ClN2O2. The topological polar surface area (TPSA) is 43.6 Å². The van der Waals surface area contributed by atoms with Gasteiger partial charge in [0.1, 0.15) is 5.82 Å². The third-order valence-electron chi connectivity index (χ3n) is 2.32. The number of carbonyl (C=O) groups is 1. The molecule has 0 fully saturated rings. The molecule has 0 aliphatic heterocycles. The number of carbonyl (C=O) groups excluding carboxylic acids is 1. The molecule has 0 unspecified atom stereocenters. The quantitative estimate of drug-likeness (QED) is 0.606. The molecule has 2 rings (SSSR count). The first kappa shape index (κ1) is 11.0. The molecule has 0 spiro atoms. The van der Waals surface area contributed by atoms with E-state index in [0.717, 1.165) is 11.3 Å². The van der Waals surface area contributed by atoms with Gasteiger partial charge in [-0.25, -0.2) is 9.78 Å². The van der Waals surface area contributed by atoms with E-state index in [0.29, 0.717) is 18.0 Å². The van der Waals surface area contributed by atoms with Crippen molar-refractivity contribution in [3.8, 4) is 0 Å². The highest BCUT2D eigenvalue weighted by Crippen LogP contribution is 2.14. The van der Waals surface area contributed by atoms with E-state index >= 15 is 0 Å². The van der Waals surface area contributed by atoms with Gasteiger partial charge in [-0.05, 0) is 12.1 Å². The molecule has 0 aliphatic rings. The van der Waals surface area contributed by atoms with Crippen LogP contribution in [-0.4, -0.2) is 28.3 Å². The largest absolute Gasteiger partial charge is 0.464 e. The van der Waals surface area contributed by atoms with Crippen LogP contribution in [0, 0.1) is 0 Å². The van der Waals surface area contributed by atoms with Gasteiger partial charge in [-0.2, -0.15) is 0 Å². The van der Waals surface area contributed by atoms with Crippen molar-refractivity contribution < 1.29 is 9.53 Å². The molecule has 0 saturated heterocycles. The summed E-state index contributed by atoms with van der Waals surface area (Å²) in [7, 11) is 1.34. The van der Waals surface area contributed by atoms with E-state index < -0.39 is 5.97 Å². The van der Waals surface area contributed by atoms with Crippen molar-refractivity contribution in [3.05, 3.63) is 35.9 Å². The molecule has 2 aromatic heterocycles. The number of pyridine rings is 1. The second kappa shape index (κ2) is 4.53. The standard InChI is InChI=1S/C11H11ClN2O2/c1-16-11(15)10-8-4-2-3-7-14(8)9(13-10)5-6-12/h2-4,7H,5-6H2,1H3. The number of ether oxygens (including phenoxy) is 1. The Kier molecular flexibility index (Phi) is 3.10. The molecule has 0 bridgehead atoms. The molecule has 16 heavy (non-hydrogen) atoms. The van der Waals surface area contributed by atoms with Crippen LogP contribution >= 0.6 is 11.6 Å². The lowest BCUT2D eigenvalue weighted by atomic mass is 10.3. The van der Waals surface area contributed by atoms with Crippen LogP contribution in [0.5, 0.6) is 0 Å². The molecule has 4 nitrogen and oxygen atoms in total. The summed E-state index contributed by atoms with van der Waals surface area (Å²) < 4.78 is 6.54. The van der Waals surface area contributed by atoms with Gasteiger partial charge in [-0.3, -0.25) is 0 Å². The number of fused-ring (bicyclic) bond motifs is 1. The van der Waals surface area contributed by atoms with Gasteiger partial charge in [-0.15, -0.1) is 11.6 Å². The number of esters is 1. The number of methoxy groups -OCH3 is 1. The van der Waals surface area contributed by atoms with Crippen LogP contribution in [0.4, 0.5) is 0 Å². The average molecular weight is 239 g/mol. The summed E-state index contributed by atoms with van der Waals surface area (Å²) in [6.45, 7) is 0. The molecule has 5 heteroatoms. The van der Waals surface area contributed by atoms with E-state index in [1.807, 2.05) is 28.8 Å². The van der Waals surface area contributed by atoms with Crippen molar-refractivity contribution in [3.63, 3.8) is 0 Å². The number of halogens is 1. The fourth-order valence-electron chi connectivity index (χ4n) is 1.61. The zero-order valence-corrected chi connectivity index (χ0v) is 9.57. The van der Waals surface area contributed by atoms with Gasteiger partial charge in [0.2, 0.25) is 0 Å². The number of nitrogens with zero attached hydrogens (tertiary/aromatic N) is 2. The van der Waals surface area contributed by atoms with Crippen LogP contribution in [-0.2, 0) is 11.2 Å². The minimum Gasteiger partial charge on any atom is -0.464 e. The summed E-state index contributed by atoms with van der Waals surface area (Å²) in [5.74, 6) is 0.810. The maximum Gasteiger partial charge on any atom is 0.358 e. The van der Waals surface area contributed by atoms with Gasteiger partial charge in [-0.1, -0.05) is 6.07 Å². The van der Waals surface area contributed by atoms with Crippen LogP contribution in [0.3, 0.4) is 0 Å². The first-order chi connectivity index (χ1) is 7.77. The highest BCUT2D eigenvalue weighted by Gasteiger charge is 2.16. The second-order valence-corrected chi connectivity index (χ2v) is 3.64. The number of aromatic nitrogens is 2. The number of hydrogen-bond donors (Lipinski definition) is 0. The minimum atomic E-state index is -0.426. The summed E-state index contributed by atoms with van der Waals surface area (Å²) in [5, 5.41) is 0. The fraction of sp³-hybridized carbons (Fsp3) is 0.273. The van der Waals surface area contributed by atoms with E-state index in [4.69, 9.17) is 11.6 Å². The van der Waals surface area contributed by atoms with E-state index in [9.17, 15) is 4.79 Å². The van der Waals surface area contributed by atoms with Gasteiger partial charge >= 0.3 is 5.97 Å². The molecule has 0 aromatic carbocycles. The number of hydrogen-bond acceptors (Lipinski definition) is 3. The monoisotopic (exact) mass is 238 g/mol. The normalized spacial score (nSPS) is 10.6. The Balaban J connectivity index is 2.61. The predicted molar refractivity (Wildman–Crippen MR) is 61.0 cm³/mol. The highest BCUT2D eigenvalue weighted by atomic mass is 35.5. The average Bonchev–Trinajstić information content (AvgIpc) is 2.68. The number of imidazole rings is 1. The molecule has 0 saturated carbocycles. The van der Waals surface area contributed by atoms with Crippen molar-refractivity contribution in [2.24, 2.45) is 0 Å². The van der Waals surface area contributed by atoms with Crippen molar-refractivity contribution in [1.29, 1.82) is 0 Å². The molecular weight excluding hydrogens is 228 g/mol. The Morgan fingerprint density at radius 2 is 2.38 bits per heavy atom. The van der Waals surface area contributed by atoms with Crippen LogP contribution in [0.2, 0.25) is 0 Å². The predicted octanol–water partition coefficient (Wildman–Crippen LogP) is 1.90. The third kappa shape index (κ3) is 1.76. The Morgan fingerprint density at radius 3 is 3.06 bits per heavy atom. The van der Waals surface area contributed by atoms with Crippen LogP contribution in [0.25, 0.3) is 5.52 Å². The van der Waals surface area contributed by atoms with E-state index in [2.05, 4.69) is 9.72 Å². The highest BCUT2D eigenvalue weighted by molar-refractivity contribution is 6.17. The summed E-state index contributed by atoms with van der Waals surface area (Å²) in [5.41, 5.74) is 1.08. The van der Waals surface area contributed by atoms with E-state index in [-0.39, 0.29) is 0 Å². The summed E-state index contributed by atoms with van der Waals surface area (Å²) in [6.07, 6.45) is 2.47. The van der Waals surface area contributed by atoms with Gasteiger partial charge in [0.15, 0.2) is 5.69 Å². The Labute approximate surface area is 97.8 Å². The number of rotatable bonds is 3. The lowest BCUT2D eigenvalue weighted by Crippen LogP contribution is -2.02. The lowest BCUT2D eigenvalue weighted by Gasteiger charge is -1.97.